The van der Waals surface area contributed by atoms with E-state index >= 15 is 0 Å². The van der Waals surface area contributed by atoms with Crippen molar-refractivity contribution in [1.82, 2.24) is 5.32 Å². The first kappa shape index (κ1) is 14.6. The van der Waals surface area contributed by atoms with Crippen LogP contribution in [0.4, 0.5) is 18.9 Å². The van der Waals surface area contributed by atoms with Crippen LogP contribution >= 0.6 is 0 Å². The molecule has 1 aliphatic carbocycles. The summed E-state index contributed by atoms with van der Waals surface area (Å²) < 4.78 is 41.1. The largest absolute Gasteiger partial charge is 0.482 e. The van der Waals surface area contributed by atoms with Crippen LogP contribution in [0, 0.1) is 0 Å². The second kappa shape index (κ2) is 6.13. The van der Waals surface area contributed by atoms with Crippen molar-refractivity contribution in [2.24, 2.45) is 0 Å². The highest BCUT2D eigenvalue weighted by Crippen LogP contribution is 2.26. The number of carbonyl (C=O) groups is 1. The standard InChI is InChI=1S/C13H15F3N2O2/c14-13(15,16)8-20-11-4-2-1-3-10(11)18-12(19)7-17-9-5-6-9/h1-4,9,17H,5-8H2,(H,18,19). The van der Waals surface area contributed by atoms with E-state index in [2.05, 4.69) is 15.4 Å². The number of hydrogen-bond acceptors (Lipinski definition) is 3. The number of halogens is 3. The van der Waals surface area contributed by atoms with E-state index in [0.717, 1.165) is 12.8 Å². The number of anilines is 1. The van der Waals surface area contributed by atoms with Gasteiger partial charge in [-0.15, -0.1) is 0 Å². The molecule has 110 valence electrons. The maximum atomic E-state index is 12.1. The Morgan fingerprint density at radius 1 is 1.30 bits per heavy atom. The van der Waals surface area contributed by atoms with Crippen molar-refractivity contribution in [2.45, 2.75) is 25.1 Å². The van der Waals surface area contributed by atoms with Crippen molar-refractivity contribution in [3.05, 3.63) is 24.3 Å². The van der Waals surface area contributed by atoms with E-state index in [1.807, 2.05) is 0 Å². The Hall–Kier alpha value is -1.76. The van der Waals surface area contributed by atoms with Crippen molar-refractivity contribution in [2.75, 3.05) is 18.5 Å². The molecule has 0 saturated heterocycles. The molecule has 0 heterocycles. The third-order valence-corrected chi connectivity index (χ3v) is 2.68. The predicted octanol–water partition coefficient (Wildman–Crippen LogP) is 2.32. The molecular formula is C13H15F3N2O2. The van der Waals surface area contributed by atoms with E-state index < -0.39 is 12.8 Å². The normalized spacial score (nSPS) is 14.9. The number of rotatable bonds is 6. The molecule has 4 nitrogen and oxygen atoms in total. The zero-order chi connectivity index (χ0) is 14.6. The molecule has 20 heavy (non-hydrogen) atoms. The molecule has 0 radical (unpaired) electrons. The van der Waals surface area contributed by atoms with Gasteiger partial charge in [-0.05, 0) is 25.0 Å². The number of alkyl halides is 3. The number of carbonyl (C=O) groups excluding carboxylic acids is 1. The molecular weight excluding hydrogens is 273 g/mol. The molecule has 0 atom stereocenters. The molecule has 2 N–H and O–H groups in total. The van der Waals surface area contributed by atoms with Crippen LogP contribution in [0.3, 0.4) is 0 Å². The number of hydrogen-bond donors (Lipinski definition) is 2. The van der Waals surface area contributed by atoms with Crippen LogP contribution in [-0.4, -0.2) is 31.3 Å². The second-order valence-electron chi connectivity index (χ2n) is 4.60. The van der Waals surface area contributed by atoms with E-state index in [0.29, 0.717) is 6.04 Å². The Morgan fingerprint density at radius 3 is 2.65 bits per heavy atom. The van der Waals surface area contributed by atoms with Gasteiger partial charge in [0.1, 0.15) is 5.75 Å². The number of para-hydroxylation sites is 2. The molecule has 0 aromatic heterocycles. The lowest BCUT2D eigenvalue weighted by Crippen LogP contribution is -2.29. The van der Waals surface area contributed by atoms with Crippen LogP contribution in [0.5, 0.6) is 5.75 Å². The molecule has 1 fully saturated rings. The Bertz CT molecular complexity index is 473. The summed E-state index contributed by atoms with van der Waals surface area (Å²) in [6.07, 6.45) is -2.30. The van der Waals surface area contributed by atoms with Gasteiger partial charge in [0.25, 0.3) is 0 Å². The third kappa shape index (κ3) is 5.08. The monoisotopic (exact) mass is 288 g/mol. The molecule has 2 rings (SSSR count). The fraction of sp³-hybridized carbons (Fsp3) is 0.462. The van der Waals surface area contributed by atoms with Crippen molar-refractivity contribution in [3.8, 4) is 5.75 Å². The summed E-state index contributed by atoms with van der Waals surface area (Å²) in [7, 11) is 0. The van der Waals surface area contributed by atoms with Crippen LogP contribution in [0.25, 0.3) is 0 Å². The van der Waals surface area contributed by atoms with E-state index in [1.54, 1.807) is 12.1 Å². The number of amides is 1. The van der Waals surface area contributed by atoms with Crippen molar-refractivity contribution < 1.29 is 22.7 Å². The Kier molecular flexibility index (Phi) is 4.49. The molecule has 1 amide bonds. The van der Waals surface area contributed by atoms with Crippen LogP contribution in [0.1, 0.15) is 12.8 Å². The molecule has 0 spiro atoms. The number of ether oxygens (including phenoxy) is 1. The van der Waals surface area contributed by atoms with E-state index in [9.17, 15) is 18.0 Å². The Labute approximate surface area is 114 Å². The summed E-state index contributed by atoms with van der Waals surface area (Å²) in [5.41, 5.74) is 0.236. The quantitative estimate of drug-likeness (QED) is 0.844. The first-order chi connectivity index (χ1) is 9.44. The highest BCUT2D eigenvalue weighted by Gasteiger charge is 2.29. The zero-order valence-electron chi connectivity index (χ0n) is 10.7. The molecule has 1 saturated carbocycles. The summed E-state index contributed by atoms with van der Waals surface area (Å²) in [6.45, 7) is -1.25. The summed E-state index contributed by atoms with van der Waals surface area (Å²) in [5.74, 6) is -0.301. The maximum Gasteiger partial charge on any atom is 0.422 e. The minimum Gasteiger partial charge on any atom is -0.482 e. The number of nitrogens with one attached hydrogen (secondary N) is 2. The lowest BCUT2D eigenvalue weighted by molar-refractivity contribution is -0.153. The minimum absolute atomic E-state index is 0.00426. The molecule has 1 aliphatic rings. The highest BCUT2D eigenvalue weighted by molar-refractivity contribution is 5.93. The molecule has 0 unspecified atom stereocenters. The number of benzene rings is 1. The zero-order valence-corrected chi connectivity index (χ0v) is 10.7. The fourth-order valence-corrected chi connectivity index (χ4v) is 1.57. The lowest BCUT2D eigenvalue weighted by Gasteiger charge is -2.13. The van der Waals surface area contributed by atoms with Gasteiger partial charge in [-0.25, -0.2) is 0 Å². The summed E-state index contributed by atoms with van der Waals surface area (Å²) >= 11 is 0. The summed E-state index contributed by atoms with van der Waals surface area (Å²) in [6, 6.07) is 6.43. The van der Waals surface area contributed by atoms with Gasteiger partial charge < -0.3 is 15.4 Å². The van der Waals surface area contributed by atoms with Gasteiger partial charge in [0.2, 0.25) is 5.91 Å². The summed E-state index contributed by atoms with van der Waals surface area (Å²) in [5, 5.41) is 5.56. The van der Waals surface area contributed by atoms with Gasteiger partial charge in [-0.2, -0.15) is 13.2 Å². The van der Waals surface area contributed by atoms with Gasteiger partial charge in [0.05, 0.1) is 12.2 Å². The van der Waals surface area contributed by atoms with Crippen LogP contribution in [-0.2, 0) is 4.79 Å². The average molecular weight is 288 g/mol. The van der Waals surface area contributed by atoms with Gasteiger partial charge in [-0.1, -0.05) is 12.1 Å². The Morgan fingerprint density at radius 2 is 2.00 bits per heavy atom. The first-order valence-corrected chi connectivity index (χ1v) is 6.26. The summed E-state index contributed by atoms with van der Waals surface area (Å²) in [4.78, 5) is 11.6. The second-order valence-corrected chi connectivity index (χ2v) is 4.60. The molecule has 7 heteroatoms. The molecule has 1 aromatic carbocycles. The molecule has 0 bridgehead atoms. The molecule has 1 aromatic rings. The van der Waals surface area contributed by atoms with Crippen LogP contribution in [0.15, 0.2) is 24.3 Å². The van der Waals surface area contributed by atoms with Gasteiger partial charge in [0, 0.05) is 6.04 Å². The topological polar surface area (TPSA) is 50.4 Å². The predicted molar refractivity (Wildman–Crippen MR) is 67.6 cm³/mol. The van der Waals surface area contributed by atoms with Gasteiger partial charge in [0.15, 0.2) is 6.61 Å². The highest BCUT2D eigenvalue weighted by atomic mass is 19.4. The fourth-order valence-electron chi connectivity index (χ4n) is 1.57. The van der Waals surface area contributed by atoms with Crippen molar-refractivity contribution in [3.63, 3.8) is 0 Å². The van der Waals surface area contributed by atoms with Crippen LogP contribution in [0.2, 0.25) is 0 Å². The SMILES string of the molecule is O=C(CNC1CC1)Nc1ccccc1OCC(F)(F)F. The average Bonchev–Trinajstić information content (AvgIpc) is 3.18. The van der Waals surface area contributed by atoms with Crippen molar-refractivity contribution >= 4 is 11.6 Å². The van der Waals surface area contributed by atoms with Gasteiger partial charge >= 0.3 is 6.18 Å². The Balaban J connectivity index is 1.90. The maximum absolute atomic E-state index is 12.1. The van der Waals surface area contributed by atoms with E-state index in [4.69, 9.17) is 0 Å². The van der Waals surface area contributed by atoms with Gasteiger partial charge in [-0.3, -0.25) is 4.79 Å². The lowest BCUT2D eigenvalue weighted by atomic mass is 10.3. The van der Waals surface area contributed by atoms with Crippen LogP contribution < -0.4 is 15.4 Å². The van der Waals surface area contributed by atoms with E-state index in [1.165, 1.54) is 12.1 Å². The smallest absolute Gasteiger partial charge is 0.422 e. The van der Waals surface area contributed by atoms with E-state index in [-0.39, 0.29) is 23.9 Å². The minimum atomic E-state index is -4.41. The van der Waals surface area contributed by atoms with Crippen molar-refractivity contribution in [1.29, 1.82) is 0 Å². The first-order valence-electron chi connectivity index (χ1n) is 6.26. The molecule has 0 aliphatic heterocycles. The third-order valence-electron chi connectivity index (χ3n) is 2.68.